The van der Waals surface area contributed by atoms with Crippen molar-refractivity contribution in [3.05, 3.63) is 59.7 Å². The van der Waals surface area contributed by atoms with Gasteiger partial charge in [-0.2, -0.15) is 0 Å². The van der Waals surface area contributed by atoms with Crippen LogP contribution in [0.15, 0.2) is 48.6 Å². The van der Waals surface area contributed by atoms with Gasteiger partial charge in [0.1, 0.15) is 0 Å². The van der Waals surface area contributed by atoms with E-state index in [2.05, 4.69) is 58.8 Å². The summed E-state index contributed by atoms with van der Waals surface area (Å²) in [7, 11) is 0. The molecule has 0 saturated carbocycles. The van der Waals surface area contributed by atoms with Crippen LogP contribution in [0.1, 0.15) is 23.1 Å². The Morgan fingerprint density at radius 1 is 0.947 bits per heavy atom. The topological polar surface area (TPSA) is 15.3 Å². The van der Waals surface area contributed by atoms with Crippen molar-refractivity contribution in [3.63, 3.8) is 0 Å². The van der Waals surface area contributed by atoms with Crippen LogP contribution in [0, 0.1) is 5.92 Å². The normalized spacial score (nSPS) is 33.2. The molecule has 0 aromatic heterocycles. The molecule has 19 heavy (non-hydrogen) atoms. The Balaban J connectivity index is 1.76. The summed E-state index contributed by atoms with van der Waals surface area (Å²) in [5, 5.41) is 3.46. The molecule has 0 amide bonds. The van der Waals surface area contributed by atoms with Crippen molar-refractivity contribution in [2.24, 2.45) is 5.92 Å². The molecule has 0 radical (unpaired) electrons. The molecule has 2 aliphatic carbocycles. The molecule has 4 rings (SSSR count). The standard InChI is InChI=1S/C17H20N2/c1-3-7-15-13(5-1)14-6-2-4-8-16(14)17(15)19-11-9-18-10-12-19/h1-8,13,15,17-18H,9-12H2. The summed E-state index contributed by atoms with van der Waals surface area (Å²) in [5.41, 5.74) is 3.09. The van der Waals surface area contributed by atoms with E-state index in [0.717, 1.165) is 13.1 Å². The van der Waals surface area contributed by atoms with Gasteiger partial charge in [-0.05, 0) is 11.1 Å². The molecule has 3 unspecified atom stereocenters. The molecule has 1 heterocycles. The van der Waals surface area contributed by atoms with Gasteiger partial charge < -0.3 is 5.32 Å². The molecule has 0 spiro atoms. The minimum atomic E-state index is 0.574. The highest BCUT2D eigenvalue weighted by atomic mass is 15.2. The second-order valence-corrected chi connectivity index (χ2v) is 5.73. The number of nitrogens with zero attached hydrogens (tertiary/aromatic N) is 1. The number of allylic oxidation sites excluding steroid dienone is 3. The van der Waals surface area contributed by atoms with Crippen molar-refractivity contribution in [2.75, 3.05) is 26.2 Å². The number of hydrogen-bond donors (Lipinski definition) is 1. The lowest BCUT2D eigenvalue weighted by molar-refractivity contribution is 0.146. The third kappa shape index (κ3) is 1.78. The van der Waals surface area contributed by atoms with Gasteiger partial charge in [-0.1, -0.05) is 48.6 Å². The summed E-state index contributed by atoms with van der Waals surface area (Å²) in [4.78, 5) is 2.67. The van der Waals surface area contributed by atoms with E-state index in [1.54, 1.807) is 5.56 Å². The average molecular weight is 252 g/mol. The predicted octanol–water partition coefficient (Wildman–Crippen LogP) is 2.47. The molecular formula is C17H20N2. The summed E-state index contributed by atoms with van der Waals surface area (Å²) in [6.07, 6.45) is 9.23. The van der Waals surface area contributed by atoms with E-state index >= 15 is 0 Å². The maximum Gasteiger partial charge on any atom is 0.0423 e. The summed E-state index contributed by atoms with van der Waals surface area (Å²) in [6.45, 7) is 4.57. The van der Waals surface area contributed by atoms with Crippen molar-refractivity contribution in [1.29, 1.82) is 0 Å². The minimum absolute atomic E-state index is 0.574. The first-order valence-corrected chi connectivity index (χ1v) is 7.34. The predicted molar refractivity (Wildman–Crippen MR) is 78.1 cm³/mol. The van der Waals surface area contributed by atoms with Crippen LogP contribution in [0.5, 0.6) is 0 Å². The van der Waals surface area contributed by atoms with Gasteiger partial charge in [-0.3, -0.25) is 4.90 Å². The highest BCUT2D eigenvalue weighted by Gasteiger charge is 2.41. The van der Waals surface area contributed by atoms with Crippen LogP contribution in [-0.4, -0.2) is 31.1 Å². The Labute approximate surface area is 114 Å². The molecule has 1 saturated heterocycles. The number of benzene rings is 1. The molecule has 3 aliphatic rings. The van der Waals surface area contributed by atoms with E-state index in [9.17, 15) is 0 Å². The maximum absolute atomic E-state index is 3.46. The van der Waals surface area contributed by atoms with Gasteiger partial charge in [0.25, 0.3) is 0 Å². The third-order valence-electron chi connectivity index (χ3n) is 4.76. The first-order chi connectivity index (χ1) is 9.45. The fourth-order valence-corrected chi connectivity index (χ4v) is 3.93. The molecule has 1 aromatic rings. The Morgan fingerprint density at radius 2 is 1.68 bits per heavy atom. The van der Waals surface area contributed by atoms with E-state index in [1.165, 1.54) is 18.7 Å². The van der Waals surface area contributed by atoms with Crippen LogP contribution in [0.4, 0.5) is 0 Å². The molecule has 0 bridgehead atoms. The van der Waals surface area contributed by atoms with Crippen LogP contribution in [0.3, 0.4) is 0 Å². The van der Waals surface area contributed by atoms with Gasteiger partial charge in [0.05, 0.1) is 0 Å². The van der Waals surface area contributed by atoms with Crippen LogP contribution >= 0.6 is 0 Å². The van der Waals surface area contributed by atoms with E-state index < -0.39 is 0 Å². The lowest BCUT2D eigenvalue weighted by Crippen LogP contribution is -2.46. The Bertz CT molecular complexity index is 526. The highest BCUT2D eigenvalue weighted by Crippen LogP contribution is 2.50. The van der Waals surface area contributed by atoms with Crippen LogP contribution in [0.25, 0.3) is 0 Å². The van der Waals surface area contributed by atoms with Crippen molar-refractivity contribution >= 4 is 0 Å². The third-order valence-corrected chi connectivity index (χ3v) is 4.76. The Hall–Kier alpha value is -1.38. The molecule has 98 valence electrons. The molecule has 1 N–H and O–H groups in total. The molecule has 1 fully saturated rings. The number of piperazine rings is 1. The van der Waals surface area contributed by atoms with Gasteiger partial charge in [0.15, 0.2) is 0 Å². The minimum Gasteiger partial charge on any atom is -0.314 e. The summed E-state index contributed by atoms with van der Waals surface area (Å²) in [6, 6.07) is 9.60. The lowest BCUT2D eigenvalue weighted by atomic mass is 9.86. The van der Waals surface area contributed by atoms with E-state index in [4.69, 9.17) is 0 Å². The molecule has 1 aliphatic heterocycles. The second kappa shape index (κ2) is 4.62. The Morgan fingerprint density at radius 3 is 2.53 bits per heavy atom. The second-order valence-electron chi connectivity index (χ2n) is 5.73. The van der Waals surface area contributed by atoms with Gasteiger partial charge in [0.2, 0.25) is 0 Å². The number of hydrogen-bond acceptors (Lipinski definition) is 2. The summed E-state index contributed by atoms with van der Waals surface area (Å²) < 4.78 is 0. The maximum atomic E-state index is 3.46. The highest BCUT2D eigenvalue weighted by molar-refractivity contribution is 5.46. The molecule has 3 atom stereocenters. The number of fused-ring (bicyclic) bond motifs is 3. The van der Waals surface area contributed by atoms with Crippen molar-refractivity contribution in [1.82, 2.24) is 10.2 Å². The number of nitrogens with one attached hydrogen (secondary N) is 1. The zero-order chi connectivity index (χ0) is 12.7. The molecule has 2 heteroatoms. The van der Waals surface area contributed by atoms with E-state index in [0.29, 0.717) is 17.9 Å². The molecule has 1 aromatic carbocycles. The summed E-state index contributed by atoms with van der Waals surface area (Å²) >= 11 is 0. The fraction of sp³-hybridized carbons (Fsp3) is 0.412. The molecule has 2 nitrogen and oxygen atoms in total. The quantitative estimate of drug-likeness (QED) is 0.826. The van der Waals surface area contributed by atoms with Crippen LogP contribution < -0.4 is 5.32 Å². The SMILES string of the molecule is C1=CC2c3ccccc3C(N3CCNCC3)C2C=C1. The van der Waals surface area contributed by atoms with Crippen LogP contribution in [0.2, 0.25) is 0 Å². The smallest absolute Gasteiger partial charge is 0.0423 e. The first-order valence-electron chi connectivity index (χ1n) is 7.34. The monoisotopic (exact) mass is 252 g/mol. The van der Waals surface area contributed by atoms with Crippen molar-refractivity contribution in [2.45, 2.75) is 12.0 Å². The lowest BCUT2D eigenvalue weighted by Gasteiger charge is -2.37. The van der Waals surface area contributed by atoms with Crippen molar-refractivity contribution in [3.8, 4) is 0 Å². The van der Waals surface area contributed by atoms with E-state index in [-0.39, 0.29) is 0 Å². The van der Waals surface area contributed by atoms with E-state index in [1.807, 2.05) is 0 Å². The van der Waals surface area contributed by atoms with Gasteiger partial charge in [-0.25, -0.2) is 0 Å². The Kier molecular flexibility index (Phi) is 2.78. The van der Waals surface area contributed by atoms with Gasteiger partial charge in [-0.15, -0.1) is 0 Å². The van der Waals surface area contributed by atoms with Crippen molar-refractivity contribution < 1.29 is 0 Å². The van der Waals surface area contributed by atoms with Gasteiger partial charge >= 0.3 is 0 Å². The van der Waals surface area contributed by atoms with Gasteiger partial charge in [0, 0.05) is 44.1 Å². The summed E-state index contributed by atoms with van der Waals surface area (Å²) in [5.74, 6) is 1.21. The first kappa shape index (κ1) is 11.4. The number of rotatable bonds is 1. The fourth-order valence-electron chi connectivity index (χ4n) is 3.93. The van der Waals surface area contributed by atoms with Crippen LogP contribution in [-0.2, 0) is 0 Å². The average Bonchev–Trinajstić information content (AvgIpc) is 2.83. The zero-order valence-electron chi connectivity index (χ0n) is 11.1. The zero-order valence-corrected chi connectivity index (χ0v) is 11.1. The molecular weight excluding hydrogens is 232 g/mol. The largest absolute Gasteiger partial charge is 0.314 e.